The number of furan rings is 1. The van der Waals surface area contributed by atoms with Crippen molar-refractivity contribution in [1.82, 2.24) is 5.32 Å². The Morgan fingerprint density at radius 1 is 1.18 bits per heavy atom. The summed E-state index contributed by atoms with van der Waals surface area (Å²) in [4.78, 5) is 22.9. The molecule has 0 saturated heterocycles. The molecule has 0 aliphatic heterocycles. The molecule has 2 rings (SSSR count). The van der Waals surface area contributed by atoms with E-state index in [2.05, 4.69) is 5.32 Å². The number of rotatable bonds is 8. The Bertz CT molecular complexity index is 706. The maximum atomic E-state index is 11.8. The smallest absolute Gasteiger partial charge is 0.469 e. The number of carbonyl (C=O) groups is 2. The molecule has 152 valence electrons. The molecule has 0 fully saturated rings. The van der Waals surface area contributed by atoms with Gasteiger partial charge in [-0.05, 0) is 24.0 Å². The molecule has 0 bridgehead atoms. The van der Waals surface area contributed by atoms with Gasteiger partial charge in [0.25, 0.3) is 5.91 Å². The fraction of sp³-hybridized carbons (Fsp3) is 0.368. The van der Waals surface area contributed by atoms with Gasteiger partial charge in [0.2, 0.25) is 0 Å². The van der Waals surface area contributed by atoms with Crippen LogP contribution in [0, 0.1) is 5.92 Å². The third-order valence-corrected chi connectivity index (χ3v) is 3.80. The molecule has 2 atom stereocenters. The predicted octanol–water partition coefficient (Wildman–Crippen LogP) is 1.08. The lowest BCUT2D eigenvalue weighted by molar-refractivity contribution is -0.139. The monoisotopic (exact) mass is 390 g/mol. The highest BCUT2D eigenvalue weighted by Gasteiger charge is 2.21. The fourth-order valence-corrected chi connectivity index (χ4v) is 2.35. The molecule has 2 aromatic rings. The van der Waals surface area contributed by atoms with Crippen molar-refractivity contribution in [3.63, 3.8) is 0 Å². The molecule has 0 aliphatic carbocycles. The molecule has 28 heavy (non-hydrogen) atoms. The topological polar surface area (TPSA) is 146 Å². The van der Waals surface area contributed by atoms with Crippen molar-refractivity contribution in [1.29, 1.82) is 0 Å². The first-order valence-electron chi connectivity index (χ1n) is 8.92. The highest BCUT2D eigenvalue weighted by Crippen LogP contribution is 2.06. The van der Waals surface area contributed by atoms with Gasteiger partial charge in [0.1, 0.15) is 12.3 Å². The SMILES string of the molecule is CC(C)C[C@H](N)B(O)O.O=C(N[C@@H](Cc1ccccc1)C(=O)O)c1ccoc1. The van der Waals surface area contributed by atoms with Crippen molar-refractivity contribution in [3.05, 3.63) is 60.1 Å². The van der Waals surface area contributed by atoms with Crippen LogP contribution in [0.2, 0.25) is 0 Å². The van der Waals surface area contributed by atoms with E-state index in [1.807, 2.05) is 44.2 Å². The second kappa shape index (κ2) is 12.0. The quantitative estimate of drug-likeness (QED) is 0.424. The van der Waals surface area contributed by atoms with Crippen LogP contribution in [0.15, 0.2) is 53.3 Å². The first-order valence-corrected chi connectivity index (χ1v) is 8.92. The maximum absolute atomic E-state index is 11.8. The van der Waals surface area contributed by atoms with Gasteiger partial charge in [-0.15, -0.1) is 0 Å². The Kier molecular flexibility index (Phi) is 10.0. The average Bonchev–Trinajstić information content (AvgIpc) is 3.16. The highest BCUT2D eigenvalue weighted by atomic mass is 16.4. The van der Waals surface area contributed by atoms with E-state index in [4.69, 9.17) is 25.3 Å². The molecule has 1 aromatic heterocycles. The molecule has 1 aromatic carbocycles. The van der Waals surface area contributed by atoms with Gasteiger partial charge in [0.15, 0.2) is 0 Å². The van der Waals surface area contributed by atoms with E-state index in [9.17, 15) is 9.59 Å². The summed E-state index contributed by atoms with van der Waals surface area (Å²) < 4.78 is 4.79. The van der Waals surface area contributed by atoms with Crippen LogP contribution < -0.4 is 11.1 Å². The highest BCUT2D eigenvalue weighted by molar-refractivity contribution is 6.43. The summed E-state index contributed by atoms with van der Waals surface area (Å²) in [6.07, 6.45) is 3.52. The lowest BCUT2D eigenvalue weighted by Crippen LogP contribution is -2.42. The Hall–Kier alpha value is -2.62. The number of carbonyl (C=O) groups excluding carboxylic acids is 1. The second-order valence-electron chi connectivity index (χ2n) is 6.77. The summed E-state index contributed by atoms with van der Waals surface area (Å²) in [6, 6.07) is 9.66. The van der Waals surface area contributed by atoms with Crippen molar-refractivity contribution in [2.24, 2.45) is 11.7 Å². The van der Waals surface area contributed by atoms with E-state index in [-0.39, 0.29) is 6.42 Å². The zero-order valence-electron chi connectivity index (χ0n) is 16.0. The van der Waals surface area contributed by atoms with Crippen LogP contribution in [0.4, 0.5) is 0 Å². The van der Waals surface area contributed by atoms with Gasteiger partial charge in [-0.3, -0.25) is 4.79 Å². The predicted molar refractivity (Wildman–Crippen MR) is 105 cm³/mol. The van der Waals surface area contributed by atoms with Crippen molar-refractivity contribution < 1.29 is 29.2 Å². The van der Waals surface area contributed by atoms with Gasteiger partial charge in [0.05, 0.1) is 11.8 Å². The molecular formula is C19H27BN2O6. The van der Waals surface area contributed by atoms with Gasteiger partial charge in [-0.25, -0.2) is 4.79 Å². The Morgan fingerprint density at radius 2 is 1.82 bits per heavy atom. The lowest BCUT2D eigenvalue weighted by Gasteiger charge is -2.13. The third-order valence-electron chi connectivity index (χ3n) is 3.80. The number of nitrogens with one attached hydrogen (secondary N) is 1. The minimum Gasteiger partial charge on any atom is -0.480 e. The van der Waals surface area contributed by atoms with Crippen LogP contribution >= 0.6 is 0 Å². The maximum Gasteiger partial charge on any atom is 0.469 e. The van der Waals surface area contributed by atoms with Crippen molar-refractivity contribution >= 4 is 19.0 Å². The van der Waals surface area contributed by atoms with E-state index in [1.54, 1.807) is 0 Å². The van der Waals surface area contributed by atoms with Crippen molar-refractivity contribution in [3.8, 4) is 0 Å². The molecule has 0 aliphatic rings. The van der Waals surface area contributed by atoms with Crippen LogP contribution in [0.25, 0.3) is 0 Å². The Balaban J connectivity index is 0.000000370. The molecule has 0 radical (unpaired) electrons. The van der Waals surface area contributed by atoms with Gasteiger partial charge >= 0.3 is 13.1 Å². The van der Waals surface area contributed by atoms with Crippen LogP contribution in [-0.4, -0.2) is 46.1 Å². The Morgan fingerprint density at radius 3 is 2.25 bits per heavy atom. The molecule has 8 nitrogen and oxygen atoms in total. The number of benzene rings is 1. The van der Waals surface area contributed by atoms with Crippen LogP contribution in [0.1, 0.15) is 36.2 Å². The number of carboxylic acids is 1. The first kappa shape index (κ1) is 23.4. The molecule has 0 saturated carbocycles. The minimum atomic E-state index is -1.37. The van der Waals surface area contributed by atoms with Crippen molar-refractivity contribution in [2.45, 2.75) is 38.7 Å². The third kappa shape index (κ3) is 8.85. The second-order valence-corrected chi connectivity index (χ2v) is 6.77. The van der Waals surface area contributed by atoms with Gasteiger partial charge in [0, 0.05) is 12.4 Å². The van der Waals surface area contributed by atoms with E-state index in [0.29, 0.717) is 17.9 Å². The zero-order valence-corrected chi connectivity index (χ0v) is 16.0. The number of hydrogen-bond donors (Lipinski definition) is 5. The lowest BCUT2D eigenvalue weighted by atomic mass is 9.76. The Labute approximate surface area is 164 Å². The van der Waals surface area contributed by atoms with E-state index < -0.39 is 31.0 Å². The molecule has 0 spiro atoms. The van der Waals surface area contributed by atoms with Gasteiger partial charge in [-0.2, -0.15) is 0 Å². The molecule has 9 heteroatoms. The van der Waals surface area contributed by atoms with E-state index in [0.717, 1.165) is 5.56 Å². The number of nitrogens with two attached hydrogens (primary N) is 1. The van der Waals surface area contributed by atoms with Crippen LogP contribution in [-0.2, 0) is 11.2 Å². The van der Waals surface area contributed by atoms with Crippen LogP contribution in [0.5, 0.6) is 0 Å². The summed E-state index contributed by atoms with van der Waals surface area (Å²) in [5.41, 5.74) is 6.47. The van der Waals surface area contributed by atoms with E-state index >= 15 is 0 Å². The molecule has 6 N–H and O–H groups in total. The summed E-state index contributed by atoms with van der Waals surface area (Å²) in [6.45, 7) is 3.98. The molecule has 1 heterocycles. The number of hydrogen-bond acceptors (Lipinski definition) is 6. The standard InChI is InChI=1S/C14H13NO4.C5H14BNO2/c16-13(11-6-7-19-9-11)15-12(14(17)18)8-10-4-2-1-3-5-10;1-4(2)3-5(7)6(8)9/h1-7,9,12H,8H2,(H,15,16)(H,17,18);4-5,8-9H,3,7H2,1-2H3/t12-;5-/m00/s1. The number of carboxylic acid groups (broad SMARTS) is 1. The summed E-state index contributed by atoms with van der Waals surface area (Å²) in [5, 5.41) is 28.6. The molecular weight excluding hydrogens is 363 g/mol. The molecule has 1 amide bonds. The van der Waals surface area contributed by atoms with E-state index in [1.165, 1.54) is 18.6 Å². The largest absolute Gasteiger partial charge is 0.480 e. The van der Waals surface area contributed by atoms with Gasteiger partial charge in [-0.1, -0.05) is 44.2 Å². The minimum absolute atomic E-state index is 0.236. The number of amides is 1. The number of aliphatic carboxylic acids is 1. The fourth-order valence-electron chi connectivity index (χ4n) is 2.35. The average molecular weight is 390 g/mol. The van der Waals surface area contributed by atoms with Gasteiger partial charge < -0.3 is 30.6 Å². The summed E-state index contributed by atoms with van der Waals surface area (Å²) in [5.74, 6) is -1.61. The molecule has 0 unspecified atom stereocenters. The summed E-state index contributed by atoms with van der Waals surface area (Å²) in [7, 11) is -1.37. The normalized spacial score (nSPS) is 12.5. The van der Waals surface area contributed by atoms with Crippen LogP contribution in [0.3, 0.4) is 0 Å². The first-order chi connectivity index (χ1) is 13.2. The van der Waals surface area contributed by atoms with Crippen molar-refractivity contribution in [2.75, 3.05) is 0 Å². The summed E-state index contributed by atoms with van der Waals surface area (Å²) >= 11 is 0. The zero-order chi connectivity index (χ0) is 21.1.